The van der Waals surface area contributed by atoms with Crippen molar-refractivity contribution in [3.05, 3.63) is 53.6 Å². The van der Waals surface area contributed by atoms with E-state index in [0.717, 1.165) is 11.1 Å². The van der Waals surface area contributed by atoms with Gasteiger partial charge in [-0.15, -0.1) is 0 Å². The SMILES string of the molecule is Cc1cccc(C)c1NC(=O)C(=O)Nc1ccccc1OC(C)C. The number of nitrogens with one attached hydrogen (secondary N) is 2. The van der Waals surface area contributed by atoms with E-state index >= 15 is 0 Å². The standard InChI is InChI=1S/C19H22N2O3/c1-12(2)24-16-11-6-5-10-15(16)20-18(22)19(23)21-17-13(3)8-7-9-14(17)4/h5-12H,1-4H3,(H,20,22)(H,21,23). The number of rotatable bonds is 4. The van der Waals surface area contributed by atoms with Gasteiger partial charge in [-0.1, -0.05) is 30.3 Å². The predicted molar refractivity (Wildman–Crippen MR) is 95.4 cm³/mol. The van der Waals surface area contributed by atoms with Crippen molar-refractivity contribution in [2.45, 2.75) is 33.8 Å². The Balaban J connectivity index is 2.11. The molecule has 2 aromatic carbocycles. The summed E-state index contributed by atoms with van der Waals surface area (Å²) in [5.41, 5.74) is 2.93. The quantitative estimate of drug-likeness (QED) is 0.843. The van der Waals surface area contributed by atoms with E-state index in [1.807, 2.05) is 52.0 Å². The third-order valence-corrected chi connectivity index (χ3v) is 3.42. The summed E-state index contributed by atoms with van der Waals surface area (Å²) in [5.74, 6) is -0.926. The molecule has 0 saturated heterocycles. The molecule has 0 aliphatic carbocycles. The maximum absolute atomic E-state index is 12.2. The molecule has 0 radical (unpaired) electrons. The van der Waals surface area contributed by atoms with Crippen LogP contribution in [0.3, 0.4) is 0 Å². The molecule has 24 heavy (non-hydrogen) atoms. The van der Waals surface area contributed by atoms with Gasteiger partial charge in [-0.2, -0.15) is 0 Å². The fourth-order valence-corrected chi connectivity index (χ4v) is 2.29. The van der Waals surface area contributed by atoms with E-state index in [1.165, 1.54) is 0 Å². The second kappa shape index (κ2) is 7.64. The number of aryl methyl sites for hydroxylation is 2. The Morgan fingerprint density at radius 3 is 2.08 bits per heavy atom. The van der Waals surface area contributed by atoms with E-state index in [1.54, 1.807) is 18.2 Å². The molecule has 0 bridgehead atoms. The van der Waals surface area contributed by atoms with Crippen LogP contribution in [0.2, 0.25) is 0 Å². The first-order valence-electron chi connectivity index (χ1n) is 7.82. The maximum Gasteiger partial charge on any atom is 0.314 e. The van der Waals surface area contributed by atoms with Crippen LogP contribution < -0.4 is 15.4 Å². The minimum Gasteiger partial charge on any atom is -0.489 e. The van der Waals surface area contributed by atoms with Crippen LogP contribution in [0.4, 0.5) is 11.4 Å². The molecule has 0 unspecified atom stereocenters. The fraction of sp³-hybridized carbons (Fsp3) is 0.263. The lowest BCUT2D eigenvalue weighted by Crippen LogP contribution is -2.30. The van der Waals surface area contributed by atoms with Crippen molar-refractivity contribution >= 4 is 23.2 Å². The van der Waals surface area contributed by atoms with Crippen LogP contribution in [0, 0.1) is 13.8 Å². The van der Waals surface area contributed by atoms with Crippen molar-refractivity contribution in [3.63, 3.8) is 0 Å². The van der Waals surface area contributed by atoms with E-state index < -0.39 is 11.8 Å². The summed E-state index contributed by atoms with van der Waals surface area (Å²) in [4.78, 5) is 24.4. The Hall–Kier alpha value is -2.82. The number of carbonyl (C=O) groups excluding carboxylic acids is 2. The van der Waals surface area contributed by atoms with Crippen LogP contribution in [-0.4, -0.2) is 17.9 Å². The Kier molecular flexibility index (Phi) is 5.58. The number of hydrogen-bond acceptors (Lipinski definition) is 3. The lowest BCUT2D eigenvalue weighted by molar-refractivity contribution is -0.133. The second-order valence-corrected chi connectivity index (χ2v) is 5.84. The van der Waals surface area contributed by atoms with Crippen LogP contribution in [0.25, 0.3) is 0 Å². The van der Waals surface area contributed by atoms with E-state index in [-0.39, 0.29) is 6.10 Å². The molecule has 0 saturated carbocycles. The van der Waals surface area contributed by atoms with Gasteiger partial charge in [-0.05, 0) is 51.0 Å². The van der Waals surface area contributed by atoms with E-state index in [4.69, 9.17) is 4.74 Å². The van der Waals surface area contributed by atoms with Gasteiger partial charge < -0.3 is 15.4 Å². The van der Waals surface area contributed by atoms with E-state index in [2.05, 4.69) is 10.6 Å². The Bertz CT molecular complexity index is 734. The third-order valence-electron chi connectivity index (χ3n) is 3.42. The second-order valence-electron chi connectivity index (χ2n) is 5.84. The van der Waals surface area contributed by atoms with Gasteiger partial charge in [0, 0.05) is 5.69 Å². The molecule has 2 amide bonds. The number of amides is 2. The molecule has 2 rings (SSSR count). The molecule has 0 aliphatic heterocycles. The van der Waals surface area contributed by atoms with Gasteiger partial charge in [0.15, 0.2) is 0 Å². The summed E-state index contributed by atoms with van der Waals surface area (Å²) < 4.78 is 5.64. The van der Waals surface area contributed by atoms with Crippen molar-refractivity contribution in [1.29, 1.82) is 0 Å². The van der Waals surface area contributed by atoms with Crippen LogP contribution in [0.5, 0.6) is 5.75 Å². The molecule has 2 N–H and O–H groups in total. The summed E-state index contributed by atoms with van der Waals surface area (Å²) in [7, 11) is 0. The van der Waals surface area contributed by atoms with Gasteiger partial charge in [-0.25, -0.2) is 0 Å². The summed E-state index contributed by atoms with van der Waals surface area (Å²) in [5, 5.41) is 5.27. The summed E-state index contributed by atoms with van der Waals surface area (Å²) in [6.45, 7) is 7.55. The lowest BCUT2D eigenvalue weighted by atomic mass is 10.1. The molecule has 2 aromatic rings. The highest BCUT2D eigenvalue weighted by Gasteiger charge is 2.17. The minimum absolute atomic E-state index is 0.0357. The van der Waals surface area contributed by atoms with Crippen molar-refractivity contribution in [1.82, 2.24) is 0 Å². The normalized spacial score (nSPS) is 10.4. The first-order chi connectivity index (χ1) is 11.4. The molecule has 0 aliphatic rings. The highest BCUT2D eigenvalue weighted by Crippen LogP contribution is 2.25. The molecular weight excluding hydrogens is 304 g/mol. The molecule has 0 spiro atoms. The van der Waals surface area contributed by atoms with Gasteiger partial charge >= 0.3 is 11.8 Å². The lowest BCUT2D eigenvalue weighted by Gasteiger charge is -2.15. The Morgan fingerprint density at radius 2 is 1.46 bits per heavy atom. The van der Waals surface area contributed by atoms with Crippen LogP contribution in [0.1, 0.15) is 25.0 Å². The summed E-state index contributed by atoms with van der Waals surface area (Å²) >= 11 is 0. The van der Waals surface area contributed by atoms with Crippen molar-refractivity contribution < 1.29 is 14.3 Å². The Labute approximate surface area is 142 Å². The largest absolute Gasteiger partial charge is 0.489 e. The molecule has 0 heterocycles. The number of benzene rings is 2. The molecule has 0 fully saturated rings. The predicted octanol–water partition coefficient (Wildman–Crippen LogP) is 3.67. The highest BCUT2D eigenvalue weighted by atomic mass is 16.5. The molecule has 5 nitrogen and oxygen atoms in total. The maximum atomic E-state index is 12.2. The van der Waals surface area contributed by atoms with E-state index in [9.17, 15) is 9.59 Å². The average molecular weight is 326 g/mol. The molecule has 0 atom stereocenters. The zero-order valence-electron chi connectivity index (χ0n) is 14.3. The number of carbonyl (C=O) groups is 2. The number of hydrogen-bond donors (Lipinski definition) is 2. The van der Waals surface area contributed by atoms with Crippen molar-refractivity contribution in [3.8, 4) is 5.75 Å². The van der Waals surface area contributed by atoms with Crippen molar-refractivity contribution in [2.24, 2.45) is 0 Å². The number of ether oxygens (including phenoxy) is 1. The molecular formula is C19H22N2O3. The van der Waals surface area contributed by atoms with Crippen molar-refractivity contribution in [2.75, 3.05) is 10.6 Å². The molecule has 0 aromatic heterocycles. The third kappa shape index (κ3) is 4.35. The summed E-state index contributed by atoms with van der Waals surface area (Å²) in [6, 6.07) is 12.7. The topological polar surface area (TPSA) is 67.4 Å². The van der Waals surface area contributed by atoms with Crippen LogP contribution in [0.15, 0.2) is 42.5 Å². The van der Waals surface area contributed by atoms with Gasteiger partial charge in [0.25, 0.3) is 0 Å². The first kappa shape index (κ1) is 17.5. The number of para-hydroxylation sites is 3. The monoisotopic (exact) mass is 326 g/mol. The zero-order chi connectivity index (χ0) is 17.7. The van der Waals surface area contributed by atoms with Gasteiger partial charge in [0.1, 0.15) is 5.75 Å². The number of anilines is 2. The smallest absolute Gasteiger partial charge is 0.314 e. The first-order valence-corrected chi connectivity index (χ1v) is 7.82. The van der Waals surface area contributed by atoms with Crippen LogP contribution in [-0.2, 0) is 9.59 Å². The molecule has 5 heteroatoms. The minimum atomic E-state index is -0.738. The Morgan fingerprint density at radius 1 is 0.875 bits per heavy atom. The molecule has 126 valence electrons. The van der Waals surface area contributed by atoms with Crippen LogP contribution >= 0.6 is 0 Å². The van der Waals surface area contributed by atoms with Gasteiger partial charge in [-0.3, -0.25) is 9.59 Å². The fourth-order valence-electron chi connectivity index (χ4n) is 2.29. The average Bonchev–Trinajstić information content (AvgIpc) is 2.52. The van der Waals surface area contributed by atoms with E-state index in [0.29, 0.717) is 17.1 Å². The van der Waals surface area contributed by atoms with Gasteiger partial charge in [0.05, 0.1) is 11.8 Å². The summed E-state index contributed by atoms with van der Waals surface area (Å²) in [6.07, 6.45) is -0.0357. The van der Waals surface area contributed by atoms with Gasteiger partial charge in [0.2, 0.25) is 0 Å². The zero-order valence-corrected chi connectivity index (χ0v) is 14.3. The highest BCUT2D eigenvalue weighted by molar-refractivity contribution is 6.43.